The molecule has 0 radical (unpaired) electrons. The van der Waals surface area contributed by atoms with E-state index in [2.05, 4.69) is 9.97 Å². The number of hydrogen-bond donors (Lipinski definition) is 2. The highest BCUT2D eigenvalue weighted by Crippen LogP contribution is 2.21. The normalized spacial score (nSPS) is 11.3. The maximum absolute atomic E-state index is 11.9. The Kier molecular flexibility index (Phi) is 4.11. The molecule has 0 aliphatic heterocycles. The lowest BCUT2D eigenvalue weighted by Gasteiger charge is -2.05. The first kappa shape index (κ1) is 13.9. The molecular weight excluding hydrogens is 268 g/mol. The quantitative estimate of drug-likeness (QED) is 0.749. The predicted octanol–water partition coefficient (Wildman–Crippen LogP) is -0.0823. The second kappa shape index (κ2) is 5.62. The topological polar surface area (TPSA) is 92.9 Å². The number of nitrogens with one attached hydrogen (secondary N) is 1. The number of imidazole rings is 1. The van der Waals surface area contributed by atoms with E-state index >= 15 is 0 Å². The third kappa shape index (κ3) is 2.45. The molecule has 2 N–H and O–H groups in total. The number of aliphatic hydroxyl groups is 1. The molecule has 104 valence electrons. The number of rotatable bonds is 5. The first-order valence-electron chi connectivity index (χ1n) is 6.03. The van der Waals surface area contributed by atoms with Crippen LogP contribution in [0.25, 0.3) is 11.2 Å². The second-order valence-electron chi connectivity index (χ2n) is 4.11. The summed E-state index contributed by atoms with van der Waals surface area (Å²) in [7, 11) is 1.57. The first-order valence-corrected chi connectivity index (χ1v) is 7.02. The van der Waals surface area contributed by atoms with Crippen molar-refractivity contribution < 1.29 is 5.11 Å². The molecule has 0 saturated heterocycles. The minimum atomic E-state index is -0.475. The molecule has 0 aliphatic carbocycles. The van der Waals surface area contributed by atoms with E-state index in [1.807, 2.05) is 6.92 Å². The van der Waals surface area contributed by atoms with Gasteiger partial charge in [0.05, 0.1) is 6.61 Å². The molecule has 2 aromatic heterocycles. The van der Waals surface area contributed by atoms with Gasteiger partial charge >= 0.3 is 5.69 Å². The predicted molar refractivity (Wildman–Crippen MR) is 73.7 cm³/mol. The lowest BCUT2D eigenvalue weighted by Crippen LogP contribution is -2.29. The van der Waals surface area contributed by atoms with Crippen molar-refractivity contribution in [1.82, 2.24) is 19.1 Å². The number of nitrogens with zero attached hydrogens (tertiary/aromatic N) is 3. The summed E-state index contributed by atoms with van der Waals surface area (Å²) in [4.78, 5) is 30.1. The fourth-order valence-electron chi connectivity index (χ4n) is 1.89. The number of fused-ring (bicyclic) bond motifs is 1. The molecule has 0 unspecified atom stereocenters. The van der Waals surface area contributed by atoms with Crippen LogP contribution in [0.2, 0.25) is 0 Å². The van der Waals surface area contributed by atoms with Gasteiger partial charge in [0.2, 0.25) is 0 Å². The molecule has 7 nitrogen and oxygen atoms in total. The monoisotopic (exact) mass is 284 g/mol. The van der Waals surface area contributed by atoms with Crippen LogP contribution in [0.1, 0.15) is 13.3 Å². The largest absolute Gasteiger partial charge is 0.396 e. The first-order chi connectivity index (χ1) is 9.10. The molecule has 0 saturated carbocycles. The highest BCUT2D eigenvalue weighted by atomic mass is 32.2. The molecule has 19 heavy (non-hydrogen) atoms. The van der Waals surface area contributed by atoms with E-state index in [1.165, 1.54) is 16.3 Å². The van der Waals surface area contributed by atoms with Crippen LogP contribution in [-0.4, -0.2) is 36.6 Å². The number of aryl methyl sites for hydroxylation is 2. The molecule has 0 fully saturated rings. The van der Waals surface area contributed by atoms with Gasteiger partial charge < -0.3 is 9.67 Å². The molecule has 2 rings (SSSR count). The summed E-state index contributed by atoms with van der Waals surface area (Å²) < 4.78 is 3.12. The number of aromatic amines is 1. The van der Waals surface area contributed by atoms with E-state index in [0.29, 0.717) is 28.6 Å². The van der Waals surface area contributed by atoms with Crippen LogP contribution in [0.4, 0.5) is 0 Å². The van der Waals surface area contributed by atoms with E-state index in [0.717, 1.165) is 6.42 Å². The van der Waals surface area contributed by atoms with Gasteiger partial charge in [0.25, 0.3) is 5.56 Å². The zero-order valence-corrected chi connectivity index (χ0v) is 11.7. The minimum absolute atomic E-state index is 0.0370. The Hall–Kier alpha value is -1.54. The number of aliphatic hydroxyl groups excluding tert-OH is 1. The van der Waals surface area contributed by atoms with Gasteiger partial charge in [-0.1, -0.05) is 18.7 Å². The molecule has 0 bridgehead atoms. The lowest BCUT2D eigenvalue weighted by molar-refractivity contribution is 0.322. The van der Waals surface area contributed by atoms with Gasteiger partial charge in [0.15, 0.2) is 16.3 Å². The van der Waals surface area contributed by atoms with Crippen LogP contribution >= 0.6 is 11.8 Å². The molecule has 2 aromatic rings. The van der Waals surface area contributed by atoms with Gasteiger partial charge in [-0.05, 0) is 6.42 Å². The van der Waals surface area contributed by atoms with Crippen LogP contribution < -0.4 is 11.2 Å². The Morgan fingerprint density at radius 2 is 2.16 bits per heavy atom. The standard InChI is InChI=1S/C11H16N4O3S/c1-3-4-15-7-8(12-11(15)19-6-5-16)14(2)10(18)13-9(7)17/h16H,3-6H2,1-2H3,(H,13,17,18). The Morgan fingerprint density at radius 1 is 1.42 bits per heavy atom. The van der Waals surface area contributed by atoms with Crippen LogP contribution in [0.5, 0.6) is 0 Å². The third-order valence-electron chi connectivity index (χ3n) is 2.74. The Balaban J connectivity index is 2.73. The van der Waals surface area contributed by atoms with Crippen molar-refractivity contribution >= 4 is 22.9 Å². The fraction of sp³-hybridized carbons (Fsp3) is 0.545. The number of H-pyrrole nitrogens is 1. The molecule has 0 amide bonds. The van der Waals surface area contributed by atoms with Crippen molar-refractivity contribution in [2.75, 3.05) is 12.4 Å². The summed E-state index contributed by atoms with van der Waals surface area (Å²) in [5.41, 5.74) is -0.112. The summed E-state index contributed by atoms with van der Waals surface area (Å²) in [6.45, 7) is 2.68. The molecule has 0 aromatic carbocycles. The molecule has 8 heteroatoms. The summed E-state index contributed by atoms with van der Waals surface area (Å²) in [6, 6.07) is 0. The Labute approximate surface area is 113 Å². The lowest BCUT2D eigenvalue weighted by atomic mass is 10.4. The molecule has 0 aliphatic rings. The highest BCUT2D eigenvalue weighted by molar-refractivity contribution is 7.99. The van der Waals surface area contributed by atoms with Crippen molar-refractivity contribution in [3.05, 3.63) is 20.8 Å². The second-order valence-corrected chi connectivity index (χ2v) is 5.17. The van der Waals surface area contributed by atoms with Crippen molar-refractivity contribution in [2.45, 2.75) is 25.0 Å². The van der Waals surface area contributed by atoms with Gasteiger partial charge in [0, 0.05) is 19.3 Å². The van der Waals surface area contributed by atoms with Crippen LogP contribution in [0.15, 0.2) is 14.7 Å². The van der Waals surface area contributed by atoms with Gasteiger partial charge in [-0.25, -0.2) is 9.78 Å². The van der Waals surface area contributed by atoms with Crippen molar-refractivity contribution in [1.29, 1.82) is 0 Å². The molecule has 0 atom stereocenters. The average molecular weight is 284 g/mol. The number of aromatic nitrogens is 4. The molecule has 2 heterocycles. The number of thioether (sulfide) groups is 1. The summed E-state index contributed by atoms with van der Waals surface area (Å²) in [6.07, 6.45) is 0.848. The third-order valence-corrected chi connectivity index (χ3v) is 3.70. The van der Waals surface area contributed by atoms with Gasteiger partial charge in [-0.15, -0.1) is 0 Å². The van der Waals surface area contributed by atoms with E-state index in [9.17, 15) is 9.59 Å². The number of hydrogen-bond acceptors (Lipinski definition) is 5. The van der Waals surface area contributed by atoms with Gasteiger partial charge in [-0.2, -0.15) is 0 Å². The van der Waals surface area contributed by atoms with Crippen LogP contribution in [0.3, 0.4) is 0 Å². The average Bonchev–Trinajstić information content (AvgIpc) is 2.74. The van der Waals surface area contributed by atoms with E-state index in [-0.39, 0.29) is 6.61 Å². The van der Waals surface area contributed by atoms with E-state index in [4.69, 9.17) is 5.11 Å². The summed E-state index contributed by atoms with van der Waals surface area (Å²) in [5.74, 6) is 0.499. The highest BCUT2D eigenvalue weighted by Gasteiger charge is 2.16. The van der Waals surface area contributed by atoms with Gasteiger partial charge in [-0.3, -0.25) is 14.3 Å². The zero-order chi connectivity index (χ0) is 14.0. The van der Waals surface area contributed by atoms with Crippen molar-refractivity contribution in [3.8, 4) is 0 Å². The van der Waals surface area contributed by atoms with Crippen LogP contribution in [-0.2, 0) is 13.6 Å². The fourth-order valence-corrected chi connectivity index (χ4v) is 2.66. The SMILES string of the molecule is CCCn1c(SCCO)nc2c1c(=O)[nH]c(=O)n2C. The zero-order valence-electron chi connectivity index (χ0n) is 10.8. The Bertz CT molecular complexity index is 700. The minimum Gasteiger partial charge on any atom is -0.396 e. The van der Waals surface area contributed by atoms with Crippen molar-refractivity contribution in [2.24, 2.45) is 7.05 Å². The van der Waals surface area contributed by atoms with Crippen LogP contribution in [0, 0.1) is 0 Å². The van der Waals surface area contributed by atoms with Crippen molar-refractivity contribution in [3.63, 3.8) is 0 Å². The van der Waals surface area contributed by atoms with E-state index < -0.39 is 11.2 Å². The van der Waals surface area contributed by atoms with E-state index in [1.54, 1.807) is 11.6 Å². The summed E-state index contributed by atoms with van der Waals surface area (Å²) >= 11 is 1.37. The summed E-state index contributed by atoms with van der Waals surface area (Å²) in [5, 5.41) is 9.55. The van der Waals surface area contributed by atoms with Gasteiger partial charge in [0.1, 0.15) is 0 Å². The smallest absolute Gasteiger partial charge is 0.329 e. The Morgan fingerprint density at radius 3 is 2.79 bits per heavy atom. The molecule has 0 spiro atoms. The molecular formula is C11H16N4O3S. The maximum atomic E-state index is 11.9. The maximum Gasteiger partial charge on any atom is 0.329 e.